The lowest BCUT2D eigenvalue weighted by atomic mass is 10.1. The third-order valence-corrected chi connectivity index (χ3v) is 3.64. The molecule has 0 aliphatic rings. The molecule has 3 heteroatoms. The number of carbonyl (C=O) groups is 1. The summed E-state index contributed by atoms with van der Waals surface area (Å²) in [6.07, 6.45) is 9.42. The van der Waals surface area contributed by atoms with Gasteiger partial charge in [-0.2, -0.15) is 0 Å². The summed E-state index contributed by atoms with van der Waals surface area (Å²) in [4.78, 5) is 11.5. The van der Waals surface area contributed by atoms with Gasteiger partial charge in [0.1, 0.15) is 0 Å². The molecule has 0 saturated carbocycles. The second kappa shape index (κ2) is 11.3. The first kappa shape index (κ1) is 17.7. The summed E-state index contributed by atoms with van der Waals surface area (Å²) < 4.78 is 5.66. The Labute approximate surface area is 128 Å². The van der Waals surface area contributed by atoms with Crippen LogP contribution in [0.2, 0.25) is 0 Å². The second-order valence-corrected chi connectivity index (χ2v) is 5.54. The van der Waals surface area contributed by atoms with E-state index in [0.717, 1.165) is 18.4 Å². The summed E-state index contributed by atoms with van der Waals surface area (Å²) in [5, 5.41) is 0. The van der Waals surface area contributed by atoms with Crippen molar-refractivity contribution >= 4 is 5.91 Å². The van der Waals surface area contributed by atoms with Gasteiger partial charge in [-0.15, -0.1) is 0 Å². The summed E-state index contributed by atoms with van der Waals surface area (Å²) >= 11 is 0. The largest absolute Gasteiger partial charge is 0.367 e. The number of benzene rings is 1. The molecule has 0 saturated heterocycles. The van der Waals surface area contributed by atoms with E-state index in [4.69, 9.17) is 10.5 Å². The highest BCUT2D eigenvalue weighted by Gasteiger charge is 2.17. The van der Waals surface area contributed by atoms with Crippen LogP contribution in [-0.2, 0) is 9.53 Å². The molecule has 0 spiro atoms. The molecule has 0 aliphatic heterocycles. The van der Waals surface area contributed by atoms with Gasteiger partial charge in [-0.25, -0.2) is 0 Å². The van der Waals surface area contributed by atoms with Crippen LogP contribution >= 0.6 is 0 Å². The molecule has 0 heterocycles. The average Bonchev–Trinajstić information content (AvgIpc) is 2.50. The van der Waals surface area contributed by atoms with E-state index in [2.05, 4.69) is 6.92 Å². The lowest BCUT2D eigenvalue weighted by Crippen LogP contribution is -2.24. The normalized spacial score (nSPS) is 12.2. The van der Waals surface area contributed by atoms with Crippen LogP contribution in [0.4, 0.5) is 0 Å². The van der Waals surface area contributed by atoms with E-state index in [0.29, 0.717) is 6.61 Å². The van der Waals surface area contributed by atoms with E-state index < -0.39 is 12.0 Å². The molecule has 0 bridgehead atoms. The molecule has 0 fully saturated rings. The third kappa shape index (κ3) is 7.86. The Morgan fingerprint density at radius 2 is 1.57 bits per heavy atom. The van der Waals surface area contributed by atoms with Gasteiger partial charge in [0, 0.05) is 6.61 Å². The number of hydrogen-bond donors (Lipinski definition) is 1. The molecule has 1 atom stereocenters. The SMILES string of the molecule is CCCCCCCCCCOC(C(N)=O)c1ccccc1. The van der Waals surface area contributed by atoms with E-state index in [-0.39, 0.29) is 0 Å². The molecule has 0 aliphatic carbocycles. The Bertz CT molecular complexity index is 378. The molecule has 21 heavy (non-hydrogen) atoms. The van der Waals surface area contributed by atoms with Crippen molar-refractivity contribution in [1.82, 2.24) is 0 Å². The van der Waals surface area contributed by atoms with Crippen LogP contribution in [0.25, 0.3) is 0 Å². The van der Waals surface area contributed by atoms with Crippen molar-refractivity contribution in [3.05, 3.63) is 35.9 Å². The zero-order chi connectivity index (χ0) is 15.3. The van der Waals surface area contributed by atoms with E-state index in [9.17, 15) is 4.79 Å². The van der Waals surface area contributed by atoms with Crippen molar-refractivity contribution in [1.29, 1.82) is 0 Å². The highest BCUT2D eigenvalue weighted by Crippen LogP contribution is 2.17. The predicted octanol–water partition coefficient (Wildman–Crippen LogP) is 4.37. The summed E-state index contributed by atoms with van der Waals surface area (Å²) in [6.45, 7) is 2.83. The van der Waals surface area contributed by atoms with Gasteiger partial charge in [0.25, 0.3) is 5.91 Å². The molecule has 0 radical (unpaired) electrons. The fourth-order valence-corrected chi connectivity index (χ4v) is 2.41. The Balaban J connectivity index is 2.13. The van der Waals surface area contributed by atoms with Crippen LogP contribution in [0.1, 0.15) is 70.0 Å². The van der Waals surface area contributed by atoms with Gasteiger partial charge < -0.3 is 10.5 Å². The van der Waals surface area contributed by atoms with Crippen molar-refractivity contribution in [2.75, 3.05) is 6.61 Å². The first-order valence-electron chi connectivity index (χ1n) is 8.21. The van der Waals surface area contributed by atoms with E-state index in [1.807, 2.05) is 30.3 Å². The number of amides is 1. The molecule has 118 valence electrons. The quantitative estimate of drug-likeness (QED) is 0.581. The third-order valence-electron chi connectivity index (χ3n) is 3.64. The molecule has 2 N–H and O–H groups in total. The van der Waals surface area contributed by atoms with Crippen LogP contribution in [0.15, 0.2) is 30.3 Å². The van der Waals surface area contributed by atoms with Crippen molar-refractivity contribution in [3.63, 3.8) is 0 Å². The molecule has 1 aromatic rings. The fraction of sp³-hybridized carbons (Fsp3) is 0.611. The number of primary amides is 1. The highest BCUT2D eigenvalue weighted by molar-refractivity contribution is 5.80. The minimum Gasteiger partial charge on any atom is -0.367 e. The monoisotopic (exact) mass is 291 g/mol. The zero-order valence-corrected chi connectivity index (χ0v) is 13.2. The number of rotatable bonds is 12. The van der Waals surface area contributed by atoms with Crippen LogP contribution < -0.4 is 5.73 Å². The fourth-order valence-electron chi connectivity index (χ4n) is 2.41. The summed E-state index contributed by atoms with van der Waals surface area (Å²) in [5.41, 5.74) is 6.25. The van der Waals surface area contributed by atoms with Crippen LogP contribution in [0.5, 0.6) is 0 Å². The lowest BCUT2D eigenvalue weighted by molar-refractivity contribution is -0.130. The molecule has 1 unspecified atom stereocenters. The Morgan fingerprint density at radius 3 is 2.14 bits per heavy atom. The lowest BCUT2D eigenvalue weighted by Gasteiger charge is -2.14. The maximum absolute atomic E-state index is 11.5. The minimum atomic E-state index is -0.615. The topological polar surface area (TPSA) is 52.3 Å². The molecular formula is C18H29NO2. The van der Waals surface area contributed by atoms with Gasteiger partial charge in [0.05, 0.1) is 0 Å². The number of nitrogens with two attached hydrogens (primary N) is 1. The first-order chi connectivity index (χ1) is 10.3. The van der Waals surface area contributed by atoms with Gasteiger partial charge in [0.2, 0.25) is 0 Å². The number of hydrogen-bond acceptors (Lipinski definition) is 2. The zero-order valence-electron chi connectivity index (χ0n) is 13.2. The van der Waals surface area contributed by atoms with Crippen LogP contribution in [0, 0.1) is 0 Å². The standard InChI is InChI=1S/C18H29NO2/c1-2-3-4-5-6-7-8-12-15-21-17(18(19)20)16-13-10-9-11-14-16/h9-11,13-14,17H,2-8,12,15H2,1H3,(H2,19,20). The minimum absolute atomic E-state index is 0.416. The van der Waals surface area contributed by atoms with E-state index in [1.54, 1.807) is 0 Å². The van der Waals surface area contributed by atoms with Crippen molar-refractivity contribution in [3.8, 4) is 0 Å². The molecule has 1 amide bonds. The maximum atomic E-state index is 11.5. The molecular weight excluding hydrogens is 262 g/mol. The van der Waals surface area contributed by atoms with Crippen molar-refractivity contribution in [2.45, 2.75) is 64.4 Å². The molecule has 1 rings (SSSR count). The van der Waals surface area contributed by atoms with Crippen LogP contribution in [-0.4, -0.2) is 12.5 Å². The highest BCUT2D eigenvalue weighted by atomic mass is 16.5. The summed E-state index contributed by atoms with van der Waals surface area (Å²) in [7, 11) is 0. The summed E-state index contributed by atoms with van der Waals surface area (Å²) in [5.74, 6) is -0.416. The van der Waals surface area contributed by atoms with Crippen molar-refractivity contribution in [2.24, 2.45) is 5.73 Å². The second-order valence-electron chi connectivity index (χ2n) is 5.54. The maximum Gasteiger partial charge on any atom is 0.251 e. The molecule has 3 nitrogen and oxygen atoms in total. The predicted molar refractivity (Wildman–Crippen MR) is 86.9 cm³/mol. The number of carbonyl (C=O) groups excluding carboxylic acids is 1. The Morgan fingerprint density at radius 1 is 1.00 bits per heavy atom. The number of ether oxygens (including phenoxy) is 1. The van der Waals surface area contributed by atoms with Gasteiger partial charge in [-0.05, 0) is 12.0 Å². The Hall–Kier alpha value is -1.35. The van der Waals surface area contributed by atoms with Crippen LogP contribution in [0.3, 0.4) is 0 Å². The smallest absolute Gasteiger partial charge is 0.251 e. The first-order valence-corrected chi connectivity index (χ1v) is 8.21. The van der Waals surface area contributed by atoms with E-state index >= 15 is 0 Å². The molecule has 0 aromatic heterocycles. The van der Waals surface area contributed by atoms with Gasteiger partial charge in [-0.1, -0.05) is 82.2 Å². The van der Waals surface area contributed by atoms with Gasteiger partial charge in [-0.3, -0.25) is 4.79 Å². The Kier molecular flexibility index (Phi) is 9.55. The molecule has 1 aromatic carbocycles. The number of unbranched alkanes of at least 4 members (excludes halogenated alkanes) is 7. The summed E-state index contributed by atoms with van der Waals surface area (Å²) in [6, 6.07) is 9.46. The van der Waals surface area contributed by atoms with Gasteiger partial charge >= 0.3 is 0 Å². The van der Waals surface area contributed by atoms with Gasteiger partial charge in [0.15, 0.2) is 6.10 Å². The average molecular weight is 291 g/mol. The van der Waals surface area contributed by atoms with Crippen molar-refractivity contribution < 1.29 is 9.53 Å². The van der Waals surface area contributed by atoms with E-state index in [1.165, 1.54) is 38.5 Å².